The van der Waals surface area contributed by atoms with Gasteiger partial charge in [0.2, 0.25) is 5.91 Å². The van der Waals surface area contributed by atoms with Crippen molar-refractivity contribution in [1.82, 2.24) is 10.2 Å². The Morgan fingerprint density at radius 2 is 2.24 bits per heavy atom. The molecule has 0 bridgehead atoms. The van der Waals surface area contributed by atoms with Crippen molar-refractivity contribution in [2.75, 3.05) is 37.7 Å². The molecule has 1 amide bonds. The van der Waals surface area contributed by atoms with Crippen molar-refractivity contribution in [1.29, 1.82) is 0 Å². The van der Waals surface area contributed by atoms with E-state index in [1.165, 1.54) is 0 Å². The zero-order chi connectivity index (χ0) is 12.5. The summed E-state index contributed by atoms with van der Waals surface area (Å²) in [4.78, 5) is 13.9. The average molecular weight is 260 g/mol. The van der Waals surface area contributed by atoms with Gasteiger partial charge >= 0.3 is 0 Å². The first-order valence-corrected chi connectivity index (χ1v) is 8.00. The third-order valence-electron chi connectivity index (χ3n) is 3.55. The number of nitrogens with one attached hydrogen (secondary N) is 1. The summed E-state index contributed by atoms with van der Waals surface area (Å²) in [7, 11) is -2.84. The molecule has 2 heterocycles. The molecule has 0 aromatic carbocycles. The lowest BCUT2D eigenvalue weighted by atomic mass is 10.1. The van der Waals surface area contributed by atoms with Gasteiger partial charge in [0.1, 0.15) is 0 Å². The first kappa shape index (κ1) is 12.8. The van der Waals surface area contributed by atoms with Crippen LogP contribution in [-0.4, -0.2) is 56.9 Å². The Bertz CT molecular complexity index is 394. The number of rotatable bonds is 2. The minimum absolute atomic E-state index is 0.00416. The van der Waals surface area contributed by atoms with Crippen LogP contribution in [0, 0.1) is 11.8 Å². The van der Waals surface area contributed by atoms with Crippen LogP contribution in [0.25, 0.3) is 0 Å². The minimum Gasteiger partial charge on any atom is -0.341 e. The summed E-state index contributed by atoms with van der Waals surface area (Å²) >= 11 is 0. The summed E-state index contributed by atoms with van der Waals surface area (Å²) < 4.78 is 22.8. The molecule has 2 atom stereocenters. The molecule has 0 aliphatic carbocycles. The highest BCUT2D eigenvalue weighted by atomic mass is 32.2. The Morgan fingerprint density at radius 3 is 2.88 bits per heavy atom. The molecule has 2 saturated heterocycles. The molecule has 0 aromatic heterocycles. The van der Waals surface area contributed by atoms with Crippen molar-refractivity contribution in [3.05, 3.63) is 0 Å². The zero-order valence-electron chi connectivity index (χ0n) is 10.2. The van der Waals surface area contributed by atoms with Gasteiger partial charge < -0.3 is 10.2 Å². The van der Waals surface area contributed by atoms with Gasteiger partial charge in [-0.1, -0.05) is 6.92 Å². The molecular formula is C11H20N2O3S. The maximum absolute atomic E-state index is 12.0. The summed E-state index contributed by atoms with van der Waals surface area (Å²) in [5, 5.41) is 3.22. The fraction of sp³-hybridized carbons (Fsp3) is 0.909. The Hall–Kier alpha value is -0.620. The highest BCUT2D eigenvalue weighted by molar-refractivity contribution is 7.91. The molecule has 98 valence electrons. The maximum Gasteiger partial charge on any atom is 0.226 e. The fourth-order valence-electron chi connectivity index (χ4n) is 2.55. The van der Waals surface area contributed by atoms with Crippen LogP contribution in [0.2, 0.25) is 0 Å². The van der Waals surface area contributed by atoms with Crippen LogP contribution in [-0.2, 0) is 14.6 Å². The molecule has 6 heteroatoms. The van der Waals surface area contributed by atoms with Gasteiger partial charge in [-0.3, -0.25) is 4.79 Å². The normalized spacial score (nSPS) is 33.7. The summed E-state index contributed by atoms with van der Waals surface area (Å²) in [5.74, 6) is 0.815. The van der Waals surface area contributed by atoms with E-state index in [-0.39, 0.29) is 29.2 Å². The largest absolute Gasteiger partial charge is 0.341 e. The van der Waals surface area contributed by atoms with Gasteiger partial charge in [-0.15, -0.1) is 0 Å². The average Bonchev–Trinajstić information content (AvgIpc) is 2.52. The van der Waals surface area contributed by atoms with Crippen molar-refractivity contribution in [2.45, 2.75) is 13.3 Å². The van der Waals surface area contributed by atoms with Crippen molar-refractivity contribution in [3.8, 4) is 0 Å². The molecule has 2 unspecified atom stereocenters. The first-order valence-electron chi connectivity index (χ1n) is 6.18. The number of carbonyl (C=O) groups excluding carboxylic acids is 1. The SMILES string of the molecule is CC1CNCCN(CC2CCS(=O)(=O)C2)C1=O. The number of amides is 1. The van der Waals surface area contributed by atoms with Crippen LogP contribution in [0.5, 0.6) is 0 Å². The molecular weight excluding hydrogens is 240 g/mol. The van der Waals surface area contributed by atoms with E-state index < -0.39 is 9.84 Å². The van der Waals surface area contributed by atoms with Crippen LogP contribution in [0.15, 0.2) is 0 Å². The summed E-state index contributed by atoms with van der Waals surface area (Å²) in [6.45, 7) is 4.73. The molecule has 0 spiro atoms. The van der Waals surface area contributed by atoms with Gasteiger partial charge in [0.05, 0.1) is 11.5 Å². The summed E-state index contributed by atoms with van der Waals surface area (Å²) in [5.41, 5.74) is 0. The predicted molar refractivity (Wildman–Crippen MR) is 65.4 cm³/mol. The summed E-state index contributed by atoms with van der Waals surface area (Å²) in [6, 6.07) is 0. The van der Waals surface area contributed by atoms with Gasteiger partial charge in [-0.05, 0) is 12.3 Å². The Labute approximate surface area is 102 Å². The third kappa shape index (κ3) is 3.19. The van der Waals surface area contributed by atoms with E-state index in [0.717, 1.165) is 13.1 Å². The summed E-state index contributed by atoms with van der Waals surface area (Å²) in [6.07, 6.45) is 0.702. The van der Waals surface area contributed by atoms with Crippen molar-refractivity contribution >= 4 is 15.7 Å². The lowest BCUT2D eigenvalue weighted by Crippen LogP contribution is -2.39. The maximum atomic E-state index is 12.0. The second kappa shape index (κ2) is 4.94. The first-order chi connectivity index (χ1) is 7.98. The molecule has 2 rings (SSSR count). The topological polar surface area (TPSA) is 66.5 Å². The van der Waals surface area contributed by atoms with E-state index >= 15 is 0 Å². The quantitative estimate of drug-likeness (QED) is 0.726. The Kier molecular flexibility index (Phi) is 3.73. The number of sulfone groups is 1. The lowest BCUT2D eigenvalue weighted by molar-refractivity contribution is -0.134. The zero-order valence-corrected chi connectivity index (χ0v) is 11.0. The molecule has 5 nitrogen and oxygen atoms in total. The Morgan fingerprint density at radius 1 is 1.47 bits per heavy atom. The van der Waals surface area contributed by atoms with Crippen molar-refractivity contribution < 1.29 is 13.2 Å². The standard InChI is InChI=1S/C11H20N2O3S/c1-9-6-12-3-4-13(11(9)14)7-10-2-5-17(15,16)8-10/h9-10,12H,2-8H2,1H3. The van der Waals surface area contributed by atoms with Crippen LogP contribution >= 0.6 is 0 Å². The number of carbonyl (C=O) groups is 1. The van der Waals surface area contributed by atoms with Crippen LogP contribution in [0.1, 0.15) is 13.3 Å². The number of hydrogen-bond donors (Lipinski definition) is 1. The third-order valence-corrected chi connectivity index (χ3v) is 5.38. The Balaban J connectivity index is 1.96. The highest BCUT2D eigenvalue weighted by Gasteiger charge is 2.32. The molecule has 1 N–H and O–H groups in total. The van der Waals surface area contributed by atoms with E-state index in [4.69, 9.17) is 0 Å². The molecule has 2 fully saturated rings. The van der Waals surface area contributed by atoms with E-state index in [2.05, 4.69) is 5.32 Å². The van der Waals surface area contributed by atoms with Crippen LogP contribution in [0.4, 0.5) is 0 Å². The molecule has 2 aliphatic rings. The number of nitrogens with zero attached hydrogens (tertiary/aromatic N) is 1. The molecule has 0 radical (unpaired) electrons. The monoisotopic (exact) mass is 260 g/mol. The van der Waals surface area contributed by atoms with Crippen molar-refractivity contribution in [3.63, 3.8) is 0 Å². The molecule has 0 saturated carbocycles. The molecule has 0 aromatic rings. The predicted octanol–water partition coefficient (Wildman–Crippen LogP) is -0.511. The number of hydrogen-bond acceptors (Lipinski definition) is 4. The molecule has 2 aliphatic heterocycles. The van der Waals surface area contributed by atoms with Gasteiger partial charge in [0, 0.05) is 32.1 Å². The highest BCUT2D eigenvalue weighted by Crippen LogP contribution is 2.20. The second-order valence-electron chi connectivity index (χ2n) is 5.16. The van der Waals surface area contributed by atoms with Gasteiger partial charge in [0.25, 0.3) is 0 Å². The smallest absolute Gasteiger partial charge is 0.226 e. The van der Waals surface area contributed by atoms with Gasteiger partial charge in [0.15, 0.2) is 9.84 Å². The fourth-order valence-corrected chi connectivity index (χ4v) is 4.40. The van der Waals surface area contributed by atoms with E-state index in [9.17, 15) is 13.2 Å². The van der Waals surface area contributed by atoms with E-state index in [1.54, 1.807) is 0 Å². The van der Waals surface area contributed by atoms with Crippen LogP contribution in [0.3, 0.4) is 0 Å². The van der Waals surface area contributed by atoms with Gasteiger partial charge in [-0.25, -0.2) is 8.42 Å². The molecule has 17 heavy (non-hydrogen) atoms. The van der Waals surface area contributed by atoms with Crippen molar-refractivity contribution in [2.24, 2.45) is 11.8 Å². The lowest BCUT2D eigenvalue weighted by Gasteiger charge is -2.25. The van der Waals surface area contributed by atoms with E-state index in [0.29, 0.717) is 19.5 Å². The minimum atomic E-state index is -2.84. The second-order valence-corrected chi connectivity index (χ2v) is 7.39. The van der Waals surface area contributed by atoms with Crippen LogP contribution < -0.4 is 5.32 Å². The van der Waals surface area contributed by atoms with Gasteiger partial charge in [-0.2, -0.15) is 0 Å². The van der Waals surface area contributed by atoms with E-state index in [1.807, 2.05) is 11.8 Å².